The molecule has 0 spiro atoms. The first-order chi connectivity index (χ1) is 14.7. The van der Waals surface area contributed by atoms with Gasteiger partial charge in [0, 0.05) is 22.7 Å². The molecule has 5 aromatic rings. The van der Waals surface area contributed by atoms with Gasteiger partial charge in [-0.05, 0) is 54.4 Å². The molecular formula is C23H17FN4S2. The molecule has 0 aliphatic carbocycles. The summed E-state index contributed by atoms with van der Waals surface area (Å²) >= 11 is 3.22. The number of halogens is 1. The molecule has 3 aromatic heterocycles. The number of aromatic nitrogens is 3. The third-order valence-corrected chi connectivity index (χ3v) is 6.46. The Kier molecular flexibility index (Phi) is 4.98. The SMILES string of the molecule is Cc1cc(-c2ncc(NCc3nccs3)cc2-c2ccc3ncsc3c2)ccc1F. The summed E-state index contributed by atoms with van der Waals surface area (Å²) in [6.07, 6.45) is 3.62. The van der Waals surface area contributed by atoms with E-state index in [1.165, 1.54) is 6.07 Å². The Labute approximate surface area is 181 Å². The monoisotopic (exact) mass is 432 g/mol. The van der Waals surface area contributed by atoms with Gasteiger partial charge in [-0.3, -0.25) is 4.98 Å². The first kappa shape index (κ1) is 18.8. The van der Waals surface area contributed by atoms with E-state index in [1.54, 1.807) is 41.9 Å². The number of pyridine rings is 1. The average Bonchev–Trinajstić information content (AvgIpc) is 3.45. The Hall–Kier alpha value is -3.16. The van der Waals surface area contributed by atoms with E-state index in [4.69, 9.17) is 4.98 Å². The molecule has 0 saturated carbocycles. The summed E-state index contributed by atoms with van der Waals surface area (Å²) in [4.78, 5) is 13.4. The minimum Gasteiger partial charge on any atom is -0.377 e. The molecule has 2 aromatic carbocycles. The van der Waals surface area contributed by atoms with E-state index in [0.29, 0.717) is 12.1 Å². The molecule has 7 heteroatoms. The van der Waals surface area contributed by atoms with E-state index < -0.39 is 0 Å². The van der Waals surface area contributed by atoms with Gasteiger partial charge in [0.1, 0.15) is 10.8 Å². The lowest BCUT2D eigenvalue weighted by atomic mass is 9.97. The van der Waals surface area contributed by atoms with Crippen LogP contribution in [-0.2, 0) is 6.54 Å². The number of benzene rings is 2. The number of fused-ring (bicyclic) bond motifs is 1. The van der Waals surface area contributed by atoms with Crippen molar-refractivity contribution >= 4 is 38.6 Å². The minimum absolute atomic E-state index is 0.215. The molecule has 0 radical (unpaired) electrons. The number of thiazole rings is 2. The predicted octanol–water partition coefficient (Wildman–Crippen LogP) is 6.54. The molecule has 4 nitrogen and oxygen atoms in total. The van der Waals surface area contributed by atoms with Gasteiger partial charge in [-0.15, -0.1) is 22.7 Å². The highest BCUT2D eigenvalue weighted by molar-refractivity contribution is 7.16. The van der Waals surface area contributed by atoms with Crippen LogP contribution < -0.4 is 5.32 Å². The maximum atomic E-state index is 13.8. The van der Waals surface area contributed by atoms with Crippen LogP contribution in [0.2, 0.25) is 0 Å². The number of nitrogens with one attached hydrogen (secondary N) is 1. The molecule has 0 fully saturated rings. The van der Waals surface area contributed by atoms with E-state index in [-0.39, 0.29) is 5.82 Å². The van der Waals surface area contributed by atoms with Crippen molar-refractivity contribution in [3.8, 4) is 22.4 Å². The minimum atomic E-state index is -0.215. The first-order valence-electron chi connectivity index (χ1n) is 9.40. The fraction of sp³-hybridized carbons (Fsp3) is 0.0870. The van der Waals surface area contributed by atoms with Gasteiger partial charge in [-0.1, -0.05) is 6.07 Å². The van der Waals surface area contributed by atoms with Crippen LogP contribution in [0.5, 0.6) is 0 Å². The lowest BCUT2D eigenvalue weighted by Gasteiger charge is -2.13. The van der Waals surface area contributed by atoms with Crippen LogP contribution >= 0.6 is 22.7 Å². The van der Waals surface area contributed by atoms with Crippen molar-refractivity contribution in [3.63, 3.8) is 0 Å². The normalized spacial score (nSPS) is 11.1. The summed E-state index contributed by atoms with van der Waals surface area (Å²) in [5, 5.41) is 6.38. The summed E-state index contributed by atoms with van der Waals surface area (Å²) in [5.41, 5.74) is 8.09. The first-order valence-corrected chi connectivity index (χ1v) is 11.2. The Morgan fingerprint density at radius 1 is 0.967 bits per heavy atom. The summed E-state index contributed by atoms with van der Waals surface area (Å²) in [6.45, 7) is 2.41. The van der Waals surface area contributed by atoms with Gasteiger partial charge in [0.25, 0.3) is 0 Å². The van der Waals surface area contributed by atoms with E-state index >= 15 is 0 Å². The number of aryl methyl sites for hydroxylation is 1. The molecule has 1 N–H and O–H groups in total. The lowest BCUT2D eigenvalue weighted by molar-refractivity contribution is 0.619. The van der Waals surface area contributed by atoms with E-state index in [9.17, 15) is 4.39 Å². The smallest absolute Gasteiger partial charge is 0.126 e. The second-order valence-electron chi connectivity index (χ2n) is 6.90. The number of hydrogen-bond donors (Lipinski definition) is 1. The highest BCUT2D eigenvalue weighted by Gasteiger charge is 2.13. The fourth-order valence-electron chi connectivity index (χ4n) is 3.34. The summed E-state index contributed by atoms with van der Waals surface area (Å²) in [6, 6.07) is 13.4. The van der Waals surface area contributed by atoms with E-state index in [0.717, 1.165) is 43.3 Å². The quantitative estimate of drug-likeness (QED) is 0.342. The zero-order valence-corrected chi connectivity index (χ0v) is 17.7. The van der Waals surface area contributed by atoms with Crippen LogP contribution in [0.3, 0.4) is 0 Å². The standard InChI is InChI=1S/C23H17FN4S2/c1-14-8-16(2-4-19(14)24)23-18(15-3-5-20-21(9-15)30-13-28-20)10-17(11-27-23)26-12-22-25-6-7-29-22/h2-11,13,26H,12H2,1H3. The van der Waals surface area contributed by atoms with Crippen LogP contribution in [0.25, 0.3) is 32.6 Å². The molecule has 0 aliphatic rings. The van der Waals surface area contributed by atoms with Crippen LogP contribution in [0, 0.1) is 12.7 Å². The topological polar surface area (TPSA) is 50.7 Å². The molecule has 0 atom stereocenters. The molecule has 148 valence electrons. The molecule has 3 heterocycles. The lowest BCUT2D eigenvalue weighted by Crippen LogP contribution is -2.01. The van der Waals surface area contributed by atoms with Gasteiger partial charge < -0.3 is 5.32 Å². The zero-order valence-electron chi connectivity index (χ0n) is 16.1. The van der Waals surface area contributed by atoms with Crippen molar-refractivity contribution in [2.24, 2.45) is 0 Å². The van der Waals surface area contributed by atoms with E-state index in [1.807, 2.05) is 29.2 Å². The summed E-state index contributed by atoms with van der Waals surface area (Å²) in [5.74, 6) is -0.215. The Bertz CT molecular complexity index is 1330. The van der Waals surface area contributed by atoms with Crippen LogP contribution in [-0.4, -0.2) is 15.0 Å². The number of hydrogen-bond acceptors (Lipinski definition) is 6. The predicted molar refractivity (Wildman–Crippen MR) is 122 cm³/mol. The highest BCUT2D eigenvalue weighted by atomic mass is 32.1. The van der Waals surface area contributed by atoms with Gasteiger partial charge in [0.15, 0.2) is 0 Å². The molecular weight excluding hydrogens is 415 g/mol. The van der Waals surface area contributed by atoms with Gasteiger partial charge in [0.05, 0.1) is 39.9 Å². The molecule has 0 aliphatic heterocycles. The van der Waals surface area contributed by atoms with Crippen molar-refractivity contribution < 1.29 is 4.39 Å². The molecule has 5 rings (SSSR count). The third kappa shape index (κ3) is 3.69. The summed E-state index contributed by atoms with van der Waals surface area (Å²) < 4.78 is 15.0. The van der Waals surface area contributed by atoms with Gasteiger partial charge in [-0.25, -0.2) is 14.4 Å². The van der Waals surface area contributed by atoms with Crippen molar-refractivity contribution in [1.29, 1.82) is 0 Å². The van der Waals surface area contributed by atoms with Crippen molar-refractivity contribution in [3.05, 3.63) is 82.1 Å². The van der Waals surface area contributed by atoms with Crippen molar-refractivity contribution in [2.75, 3.05) is 5.32 Å². The number of rotatable bonds is 5. The molecule has 0 bridgehead atoms. The van der Waals surface area contributed by atoms with Crippen LogP contribution in [0.1, 0.15) is 10.6 Å². The van der Waals surface area contributed by atoms with Gasteiger partial charge in [0.2, 0.25) is 0 Å². The van der Waals surface area contributed by atoms with Crippen LogP contribution in [0.15, 0.2) is 65.7 Å². The van der Waals surface area contributed by atoms with Crippen molar-refractivity contribution in [1.82, 2.24) is 15.0 Å². The molecule has 0 amide bonds. The Morgan fingerprint density at radius 3 is 2.70 bits per heavy atom. The molecule has 0 unspecified atom stereocenters. The summed E-state index contributed by atoms with van der Waals surface area (Å²) in [7, 11) is 0. The van der Waals surface area contributed by atoms with Crippen LogP contribution in [0.4, 0.5) is 10.1 Å². The Balaban J connectivity index is 1.60. The van der Waals surface area contributed by atoms with E-state index in [2.05, 4.69) is 33.5 Å². The fourth-order valence-corrected chi connectivity index (χ4v) is 4.62. The van der Waals surface area contributed by atoms with Gasteiger partial charge in [-0.2, -0.15) is 0 Å². The average molecular weight is 433 g/mol. The maximum Gasteiger partial charge on any atom is 0.126 e. The second-order valence-corrected chi connectivity index (χ2v) is 8.76. The van der Waals surface area contributed by atoms with Crippen molar-refractivity contribution in [2.45, 2.75) is 13.5 Å². The maximum absolute atomic E-state index is 13.8. The zero-order chi connectivity index (χ0) is 20.5. The molecule has 0 saturated heterocycles. The number of anilines is 1. The second kappa shape index (κ2) is 7.93. The highest BCUT2D eigenvalue weighted by Crippen LogP contribution is 2.35. The third-order valence-electron chi connectivity index (χ3n) is 4.89. The van der Waals surface area contributed by atoms with Gasteiger partial charge >= 0.3 is 0 Å². The largest absolute Gasteiger partial charge is 0.377 e. The number of nitrogens with zero attached hydrogens (tertiary/aromatic N) is 3. The Morgan fingerprint density at radius 2 is 1.87 bits per heavy atom. The molecule has 30 heavy (non-hydrogen) atoms.